The minimum Gasteiger partial charge on any atom is -0.480 e. The average molecular weight is 314 g/mol. The zero-order valence-electron chi connectivity index (χ0n) is 11.7. The maximum atomic E-state index is 12.0. The van der Waals surface area contributed by atoms with Crippen LogP contribution >= 0.6 is 11.6 Å². The minimum absolute atomic E-state index is 0.0414. The minimum atomic E-state index is -1.21. The Morgan fingerprint density at radius 2 is 2.05 bits per heavy atom. The van der Waals surface area contributed by atoms with Gasteiger partial charge in [-0.3, -0.25) is 9.59 Å². The van der Waals surface area contributed by atoms with Crippen molar-refractivity contribution in [1.29, 1.82) is 0 Å². The van der Waals surface area contributed by atoms with E-state index in [0.29, 0.717) is 16.1 Å². The summed E-state index contributed by atoms with van der Waals surface area (Å²) in [5.74, 6) is -2.28. The van der Waals surface area contributed by atoms with Crippen LogP contribution in [0.4, 0.5) is 0 Å². The lowest BCUT2D eigenvalue weighted by molar-refractivity contribution is -0.142. The fraction of sp³-hybridized carbons (Fsp3) is 0.357. The average Bonchev–Trinajstić information content (AvgIpc) is 2.45. The Bertz CT molecular complexity index is 558. The molecule has 1 amide bonds. The maximum absolute atomic E-state index is 12.0. The number of carbonyl (C=O) groups excluding carboxylic acids is 2. The predicted molar refractivity (Wildman–Crippen MR) is 76.3 cm³/mol. The lowest BCUT2D eigenvalue weighted by Crippen LogP contribution is -2.41. The first-order chi connectivity index (χ1) is 9.85. The first kappa shape index (κ1) is 17.0. The third-order valence-corrected chi connectivity index (χ3v) is 3.31. The molecular formula is C14H16ClNO5. The molecule has 0 spiro atoms. The van der Waals surface area contributed by atoms with Gasteiger partial charge in [0.15, 0.2) is 0 Å². The molecule has 1 aromatic rings. The van der Waals surface area contributed by atoms with Gasteiger partial charge in [0, 0.05) is 17.0 Å². The second kappa shape index (κ2) is 7.64. The van der Waals surface area contributed by atoms with Gasteiger partial charge in [-0.2, -0.15) is 0 Å². The molecular weight excluding hydrogens is 298 g/mol. The van der Waals surface area contributed by atoms with Crippen LogP contribution in [0.25, 0.3) is 0 Å². The van der Waals surface area contributed by atoms with E-state index in [-0.39, 0.29) is 12.8 Å². The number of ether oxygens (including phenoxy) is 1. The molecule has 0 fully saturated rings. The van der Waals surface area contributed by atoms with Crippen LogP contribution in [0, 0.1) is 6.92 Å². The smallest absolute Gasteiger partial charge is 0.326 e. The van der Waals surface area contributed by atoms with Gasteiger partial charge >= 0.3 is 11.9 Å². The number of esters is 1. The van der Waals surface area contributed by atoms with E-state index in [2.05, 4.69) is 10.1 Å². The fourth-order valence-corrected chi connectivity index (χ4v) is 1.77. The molecule has 21 heavy (non-hydrogen) atoms. The maximum Gasteiger partial charge on any atom is 0.326 e. The van der Waals surface area contributed by atoms with Gasteiger partial charge in [0.2, 0.25) is 0 Å². The molecule has 2 N–H and O–H groups in total. The quantitative estimate of drug-likeness (QED) is 0.781. The van der Waals surface area contributed by atoms with Crippen LogP contribution in [0.5, 0.6) is 0 Å². The molecule has 114 valence electrons. The highest BCUT2D eigenvalue weighted by atomic mass is 35.5. The zero-order chi connectivity index (χ0) is 16.0. The van der Waals surface area contributed by atoms with Crippen molar-refractivity contribution in [3.63, 3.8) is 0 Å². The summed E-state index contributed by atoms with van der Waals surface area (Å²) in [5.41, 5.74) is 1.02. The molecule has 0 aliphatic rings. The summed E-state index contributed by atoms with van der Waals surface area (Å²) in [5, 5.41) is 12.0. The van der Waals surface area contributed by atoms with Gasteiger partial charge in [0.25, 0.3) is 5.91 Å². The summed E-state index contributed by atoms with van der Waals surface area (Å²) in [6.07, 6.45) is -0.131. The van der Waals surface area contributed by atoms with Gasteiger partial charge in [-0.15, -0.1) is 0 Å². The Balaban J connectivity index is 2.74. The summed E-state index contributed by atoms with van der Waals surface area (Å²) < 4.78 is 4.44. The first-order valence-corrected chi connectivity index (χ1v) is 6.59. The molecule has 6 nitrogen and oxygen atoms in total. The Morgan fingerprint density at radius 3 is 2.57 bits per heavy atom. The number of carbonyl (C=O) groups is 3. The summed E-state index contributed by atoms with van der Waals surface area (Å²) in [6.45, 7) is 1.74. The van der Waals surface area contributed by atoms with Gasteiger partial charge in [0.1, 0.15) is 6.04 Å². The number of rotatable bonds is 6. The van der Waals surface area contributed by atoms with E-state index in [9.17, 15) is 14.4 Å². The van der Waals surface area contributed by atoms with Crippen molar-refractivity contribution >= 4 is 29.4 Å². The summed E-state index contributed by atoms with van der Waals surface area (Å²) >= 11 is 5.86. The second-order valence-electron chi connectivity index (χ2n) is 4.44. The normalized spacial score (nSPS) is 11.6. The van der Waals surface area contributed by atoms with E-state index in [4.69, 9.17) is 16.7 Å². The van der Waals surface area contributed by atoms with Gasteiger partial charge in [-0.05, 0) is 37.1 Å². The Morgan fingerprint density at radius 1 is 1.38 bits per heavy atom. The van der Waals surface area contributed by atoms with Crippen molar-refractivity contribution in [3.05, 3.63) is 34.3 Å². The summed E-state index contributed by atoms with van der Waals surface area (Å²) in [4.78, 5) is 34.1. The second-order valence-corrected chi connectivity index (χ2v) is 4.85. The number of carboxylic acid groups (broad SMARTS) is 1. The zero-order valence-corrected chi connectivity index (χ0v) is 12.4. The Kier molecular flexibility index (Phi) is 6.17. The Hall–Kier alpha value is -2.08. The largest absolute Gasteiger partial charge is 0.480 e. The van der Waals surface area contributed by atoms with Crippen LogP contribution in [0.15, 0.2) is 18.2 Å². The van der Waals surface area contributed by atoms with E-state index in [1.54, 1.807) is 19.1 Å². The number of halogens is 1. The summed E-state index contributed by atoms with van der Waals surface area (Å²) in [7, 11) is 1.22. The van der Waals surface area contributed by atoms with Crippen LogP contribution in [-0.4, -0.2) is 36.1 Å². The predicted octanol–water partition coefficient (Wildman–Crippen LogP) is 1.78. The van der Waals surface area contributed by atoms with Crippen LogP contribution in [0.3, 0.4) is 0 Å². The number of benzene rings is 1. The lowest BCUT2D eigenvalue weighted by Gasteiger charge is -2.14. The molecule has 0 saturated heterocycles. The van der Waals surface area contributed by atoms with E-state index in [0.717, 1.165) is 0 Å². The van der Waals surface area contributed by atoms with Crippen LogP contribution in [-0.2, 0) is 14.3 Å². The molecule has 0 aromatic heterocycles. The molecule has 0 heterocycles. The number of methoxy groups -OCH3 is 1. The van der Waals surface area contributed by atoms with Gasteiger partial charge in [0.05, 0.1) is 7.11 Å². The SMILES string of the molecule is COC(=O)CC[C@@H](NC(=O)c1ccc(Cl)c(C)c1)C(=O)O. The van der Waals surface area contributed by atoms with Crippen molar-refractivity contribution in [2.45, 2.75) is 25.8 Å². The van der Waals surface area contributed by atoms with Crippen LogP contribution in [0.1, 0.15) is 28.8 Å². The van der Waals surface area contributed by atoms with E-state index in [1.165, 1.54) is 13.2 Å². The molecule has 7 heteroatoms. The molecule has 1 aromatic carbocycles. The fourth-order valence-electron chi connectivity index (χ4n) is 1.65. The van der Waals surface area contributed by atoms with E-state index in [1.807, 2.05) is 0 Å². The molecule has 0 bridgehead atoms. The van der Waals surface area contributed by atoms with Gasteiger partial charge in [-0.25, -0.2) is 4.79 Å². The number of nitrogens with one attached hydrogen (secondary N) is 1. The summed E-state index contributed by atoms with van der Waals surface area (Å²) in [6, 6.07) is 3.48. The van der Waals surface area contributed by atoms with Gasteiger partial charge < -0.3 is 15.2 Å². The van der Waals surface area contributed by atoms with Crippen LogP contribution in [0.2, 0.25) is 5.02 Å². The molecule has 0 aliphatic carbocycles. The number of carboxylic acids is 1. The van der Waals surface area contributed by atoms with Crippen molar-refractivity contribution in [2.75, 3.05) is 7.11 Å². The molecule has 1 rings (SSSR count). The monoisotopic (exact) mass is 313 g/mol. The number of hydrogen-bond donors (Lipinski definition) is 2. The van der Waals surface area contributed by atoms with Crippen molar-refractivity contribution < 1.29 is 24.2 Å². The third kappa shape index (κ3) is 5.07. The Labute approximate surface area is 127 Å². The third-order valence-electron chi connectivity index (χ3n) is 2.89. The van der Waals surface area contributed by atoms with Crippen LogP contribution < -0.4 is 5.32 Å². The number of aryl methyl sites for hydroxylation is 1. The molecule has 0 aliphatic heterocycles. The van der Waals surface area contributed by atoms with Gasteiger partial charge in [-0.1, -0.05) is 11.6 Å². The standard InChI is InChI=1S/C14H16ClNO5/c1-8-7-9(3-4-10(8)15)13(18)16-11(14(19)20)5-6-12(17)21-2/h3-4,7,11H,5-6H2,1-2H3,(H,16,18)(H,19,20)/t11-/m1/s1. The lowest BCUT2D eigenvalue weighted by atomic mass is 10.1. The highest BCUT2D eigenvalue weighted by molar-refractivity contribution is 6.31. The number of hydrogen-bond acceptors (Lipinski definition) is 4. The van der Waals surface area contributed by atoms with E-state index >= 15 is 0 Å². The first-order valence-electron chi connectivity index (χ1n) is 6.21. The van der Waals surface area contributed by atoms with Crippen molar-refractivity contribution in [1.82, 2.24) is 5.32 Å². The molecule has 0 unspecified atom stereocenters. The highest BCUT2D eigenvalue weighted by Gasteiger charge is 2.22. The molecule has 0 radical (unpaired) electrons. The highest BCUT2D eigenvalue weighted by Crippen LogP contribution is 2.16. The molecule has 1 atom stereocenters. The van der Waals surface area contributed by atoms with E-state index < -0.39 is 23.9 Å². The molecule has 0 saturated carbocycles. The number of aliphatic carboxylic acids is 1. The topological polar surface area (TPSA) is 92.7 Å². The number of amides is 1. The van der Waals surface area contributed by atoms with Crippen molar-refractivity contribution in [3.8, 4) is 0 Å². The van der Waals surface area contributed by atoms with Crippen molar-refractivity contribution in [2.24, 2.45) is 0 Å².